The molecule has 0 spiro atoms. The van der Waals surface area contributed by atoms with Gasteiger partial charge in [-0.2, -0.15) is 0 Å². The molecular formula is C12H8Br2ClN3O. The quantitative estimate of drug-likeness (QED) is 0.762. The molecule has 1 amide bonds. The number of carbonyl (C=O) groups is 1. The minimum Gasteiger partial charge on any atom is -0.290 e. The van der Waals surface area contributed by atoms with Crippen molar-refractivity contribution in [1.29, 1.82) is 0 Å². The predicted molar refractivity (Wildman–Crippen MR) is 81.6 cm³/mol. The number of hydrogen-bond acceptors (Lipinski definition) is 3. The van der Waals surface area contributed by atoms with Crippen molar-refractivity contribution in [2.75, 3.05) is 5.32 Å². The van der Waals surface area contributed by atoms with Crippen molar-refractivity contribution in [2.24, 2.45) is 0 Å². The van der Waals surface area contributed by atoms with Gasteiger partial charge in [0.05, 0.1) is 5.56 Å². The number of nitrogens with zero attached hydrogens (tertiary/aromatic N) is 2. The highest BCUT2D eigenvalue weighted by Gasteiger charge is 2.12. The zero-order chi connectivity index (χ0) is 14.0. The van der Waals surface area contributed by atoms with Crippen LogP contribution in [0.3, 0.4) is 0 Å². The zero-order valence-electron chi connectivity index (χ0n) is 9.75. The van der Waals surface area contributed by atoms with Crippen molar-refractivity contribution in [3.05, 3.63) is 49.6 Å². The molecule has 0 fully saturated rings. The van der Waals surface area contributed by atoms with E-state index in [1.165, 1.54) is 0 Å². The van der Waals surface area contributed by atoms with Crippen molar-refractivity contribution in [3.63, 3.8) is 0 Å². The van der Waals surface area contributed by atoms with E-state index in [0.717, 1.165) is 4.47 Å². The Hall–Kier alpha value is -0.980. The fraction of sp³-hybridized carbons (Fsp3) is 0.0833. The van der Waals surface area contributed by atoms with E-state index in [0.29, 0.717) is 15.7 Å². The molecule has 0 aliphatic heterocycles. The maximum atomic E-state index is 12.1. The number of aromatic nitrogens is 2. The Morgan fingerprint density at radius 2 is 2.00 bits per heavy atom. The molecule has 1 aromatic carbocycles. The fourth-order valence-electron chi connectivity index (χ4n) is 1.43. The molecule has 0 unspecified atom stereocenters. The summed E-state index contributed by atoms with van der Waals surface area (Å²) in [5.41, 5.74) is 1.18. The number of carbonyl (C=O) groups excluding carboxylic acids is 1. The molecule has 1 aromatic heterocycles. The third kappa shape index (κ3) is 3.75. The number of amides is 1. The summed E-state index contributed by atoms with van der Waals surface area (Å²) in [4.78, 5) is 20.1. The van der Waals surface area contributed by atoms with Gasteiger partial charge in [0, 0.05) is 14.6 Å². The Kier molecular flexibility index (Phi) is 4.54. The second-order valence-corrected chi connectivity index (χ2v) is 5.89. The second kappa shape index (κ2) is 5.98. The van der Waals surface area contributed by atoms with E-state index >= 15 is 0 Å². The van der Waals surface area contributed by atoms with E-state index in [2.05, 4.69) is 47.1 Å². The van der Waals surface area contributed by atoms with Gasteiger partial charge < -0.3 is 0 Å². The summed E-state index contributed by atoms with van der Waals surface area (Å²) in [6.07, 6.45) is 0. The number of benzene rings is 1. The van der Waals surface area contributed by atoms with Crippen LogP contribution in [-0.4, -0.2) is 15.9 Å². The van der Waals surface area contributed by atoms with Crippen molar-refractivity contribution < 1.29 is 4.79 Å². The van der Waals surface area contributed by atoms with Crippen LogP contribution in [0, 0.1) is 6.92 Å². The molecule has 2 aromatic rings. The minimum atomic E-state index is -0.305. The highest BCUT2D eigenvalue weighted by molar-refractivity contribution is 9.11. The van der Waals surface area contributed by atoms with Gasteiger partial charge in [-0.15, -0.1) is 0 Å². The first kappa shape index (κ1) is 14.4. The van der Waals surface area contributed by atoms with E-state index in [9.17, 15) is 4.79 Å². The van der Waals surface area contributed by atoms with Crippen LogP contribution in [0.1, 0.15) is 16.1 Å². The van der Waals surface area contributed by atoms with Crippen LogP contribution in [0.15, 0.2) is 33.2 Å². The van der Waals surface area contributed by atoms with E-state index in [1.54, 1.807) is 31.2 Å². The number of aryl methyl sites for hydroxylation is 1. The molecule has 98 valence electrons. The van der Waals surface area contributed by atoms with Gasteiger partial charge in [0.15, 0.2) is 0 Å². The summed E-state index contributed by atoms with van der Waals surface area (Å²) in [6, 6.07) is 6.89. The van der Waals surface area contributed by atoms with E-state index in [4.69, 9.17) is 11.6 Å². The van der Waals surface area contributed by atoms with Gasteiger partial charge in [-0.3, -0.25) is 10.1 Å². The first-order valence-electron chi connectivity index (χ1n) is 5.23. The van der Waals surface area contributed by atoms with E-state index in [-0.39, 0.29) is 17.0 Å². The van der Waals surface area contributed by atoms with E-state index in [1.807, 2.05) is 0 Å². The molecule has 4 nitrogen and oxygen atoms in total. The Bertz CT molecular complexity index is 629. The fourth-order valence-corrected chi connectivity index (χ4v) is 2.89. The molecule has 0 atom stereocenters. The van der Waals surface area contributed by atoms with Crippen molar-refractivity contribution >= 4 is 55.3 Å². The lowest BCUT2D eigenvalue weighted by atomic mass is 10.2. The van der Waals surface area contributed by atoms with Crippen molar-refractivity contribution in [2.45, 2.75) is 6.92 Å². The lowest BCUT2D eigenvalue weighted by Crippen LogP contribution is -2.15. The lowest BCUT2D eigenvalue weighted by Gasteiger charge is -2.06. The molecule has 0 radical (unpaired) electrons. The molecule has 0 bridgehead atoms. The van der Waals surface area contributed by atoms with Gasteiger partial charge in [0.2, 0.25) is 5.95 Å². The van der Waals surface area contributed by atoms with Gasteiger partial charge in [0.1, 0.15) is 5.15 Å². The maximum Gasteiger partial charge on any atom is 0.259 e. The summed E-state index contributed by atoms with van der Waals surface area (Å²) in [6.45, 7) is 1.78. The zero-order valence-corrected chi connectivity index (χ0v) is 13.7. The normalized spacial score (nSPS) is 10.3. The third-order valence-corrected chi connectivity index (χ3v) is 3.57. The van der Waals surface area contributed by atoms with Crippen molar-refractivity contribution in [1.82, 2.24) is 9.97 Å². The van der Waals surface area contributed by atoms with Crippen LogP contribution in [-0.2, 0) is 0 Å². The van der Waals surface area contributed by atoms with Crippen LogP contribution in [0.5, 0.6) is 0 Å². The average molecular weight is 405 g/mol. The smallest absolute Gasteiger partial charge is 0.259 e. The molecule has 7 heteroatoms. The number of anilines is 1. The summed E-state index contributed by atoms with van der Waals surface area (Å²) >= 11 is 12.5. The van der Waals surface area contributed by atoms with Crippen LogP contribution in [0.2, 0.25) is 5.15 Å². The Morgan fingerprint density at radius 1 is 1.26 bits per heavy atom. The molecule has 2 rings (SSSR count). The van der Waals surface area contributed by atoms with Gasteiger partial charge in [-0.05, 0) is 47.1 Å². The second-order valence-electron chi connectivity index (χ2n) is 3.73. The summed E-state index contributed by atoms with van der Waals surface area (Å²) in [7, 11) is 0. The minimum absolute atomic E-state index is 0.185. The van der Waals surface area contributed by atoms with Crippen LogP contribution in [0.4, 0.5) is 5.95 Å². The predicted octanol–water partition coefficient (Wildman–Crippen LogP) is 4.22. The average Bonchev–Trinajstić information content (AvgIpc) is 2.26. The summed E-state index contributed by atoms with van der Waals surface area (Å²) in [5.74, 6) is -0.120. The third-order valence-electron chi connectivity index (χ3n) is 2.22. The molecule has 0 saturated heterocycles. The summed E-state index contributed by atoms with van der Waals surface area (Å²) < 4.78 is 1.56. The number of nitrogens with one attached hydrogen (secondary N) is 1. The van der Waals surface area contributed by atoms with Gasteiger partial charge in [-0.1, -0.05) is 27.5 Å². The first-order chi connectivity index (χ1) is 8.95. The number of rotatable bonds is 2. The Morgan fingerprint density at radius 3 is 2.63 bits per heavy atom. The number of halogens is 3. The highest BCUT2D eigenvalue weighted by atomic mass is 79.9. The maximum absolute atomic E-state index is 12.1. The lowest BCUT2D eigenvalue weighted by molar-refractivity contribution is 0.102. The molecule has 0 saturated carbocycles. The van der Waals surface area contributed by atoms with Gasteiger partial charge in [-0.25, -0.2) is 9.97 Å². The standard InChI is InChI=1S/C12H8Br2ClN3O/c1-6-4-10(15)17-12(16-6)18-11(19)8-3-2-7(13)5-9(8)14/h2-5H,1H3,(H,16,17,18,19). The molecule has 19 heavy (non-hydrogen) atoms. The SMILES string of the molecule is Cc1cc(Cl)nc(NC(=O)c2ccc(Br)cc2Br)n1. The largest absolute Gasteiger partial charge is 0.290 e. The van der Waals surface area contributed by atoms with Crippen LogP contribution >= 0.6 is 43.5 Å². The van der Waals surface area contributed by atoms with Gasteiger partial charge >= 0.3 is 0 Å². The van der Waals surface area contributed by atoms with Gasteiger partial charge in [0.25, 0.3) is 5.91 Å². The summed E-state index contributed by atoms with van der Waals surface area (Å²) in [5, 5.41) is 2.90. The topological polar surface area (TPSA) is 54.9 Å². The molecular weight excluding hydrogens is 397 g/mol. The molecule has 0 aliphatic carbocycles. The number of hydrogen-bond donors (Lipinski definition) is 1. The molecule has 1 N–H and O–H groups in total. The molecule has 0 aliphatic rings. The molecule has 1 heterocycles. The van der Waals surface area contributed by atoms with Crippen LogP contribution < -0.4 is 5.32 Å². The van der Waals surface area contributed by atoms with Crippen LogP contribution in [0.25, 0.3) is 0 Å². The highest BCUT2D eigenvalue weighted by Crippen LogP contribution is 2.22. The van der Waals surface area contributed by atoms with E-state index < -0.39 is 0 Å². The monoisotopic (exact) mass is 403 g/mol. The van der Waals surface area contributed by atoms with Crippen molar-refractivity contribution in [3.8, 4) is 0 Å². The Balaban J connectivity index is 2.25. The first-order valence-corrected chi connectivity index (χ1v) is 7.19. The Labute approximate surface area is 131 Å².